The Morgan fingerprint density at radius 3 is 2.58 bits per heavy atom. The molecule has 5 nitrogen and oxygen atoms in total. The molecule has 3 N–H and O–H groups in total. The number of hydrogen-bond donors (Lipinski definition) is 2. The van der Waals surface area contributed by atoms with Crippen molar-refractivity contribution in [1.29, 1.82) is 0 Å². The lowest BCUT2D eigenvalue weighted by atomic mass is 9.95. The van der Waals surface area contributed by atoms with Gasteiger partial charge in [0, 0.05) is 28.2 Å². The Balaban J connectivity index is 1.48. The van der Waals surface area contributed by atoms with Crippen LogP contribution in [0.4, 0.5) is 0 Å². The van der Waals surface area contributed by atoms with Crippen molar-refractivity contribution in [2.24, 2.45) is 11.7 Å². The van der Waals surface area contributed by atoms with Gasteiger partial charge in [-0.15, -0.1) is 11.8 Å². The lowest BCUT2D eigenvalue weighted by Crippen LogP contribution is -2.17. The van der Waals surface area contributed by atoms with Crippen LogP contribution in [0.2, 0.25) is 5.02 Å². The Morgan fingerprint density at radius 1 is 1.14 bits per heavy atom. The van der Waals surface area contributed by atoms with E-state index in [4.69, 9.17) is 27.1 Å². The van der Waals surface area contributed by atoms with Gasteiger partial charge in [0.2, 0.25) is 5.91 Å². The van der Waals surface area contributed by atoms with Crippen LogP contribution in [-0.2, 0) is 4.79 Å². The third-order valence-corrected chi connectivity index (χ3v) is 7.89. The van der Waals surface area contributed by atoms with Crippen molar-refractivity contribution in [2.75, 3.05) is 5.75 Å². The summed E-state index contributed by atoms with van der Waals surface area (Å²) in [5.74, 6) is 2.87. The summed E-state index contributed by atoms with van der Waals surface area (Å²) in [7, 11) is 0. The van der Waals surface area contributed by atoms with Crippen molar-refractivity contribution >= 4 is 40.3 Å². The molecule has 1 unspecified atom stereocenters. The molecule has 0 bridgehead atoms. The number of primary amides is 1. The van der Waals surface area contributed by atoms with Gasteiger partial charge in [0.05, 0.1) is 28.1 Å². The maximum Gasteiger partial charge on any atom is 0.218 e. The van der Waals surface area contributed by atoms with Crippen molar-refractivity contribution in [2.45, 2.75) is 50.0 Å². The van der Waals surface area contributed by atoms with Gasteiger partial charge in [-0.2, -0.15) is 0 Å². The molecule has 1 atom stereocenters. The highest BCUT2D eigenvalue weighted by Gasteiger charge is 2.23. The number of H-pyrrole nitrogens is 1. The predicted octanol–water partition coefficient (Wildman–Crippen LogP) is 7.18. The van der Waals surface area contributed by atoms with Gasteiger partial charge in [-0.25, -0.2) is 4.98 Å². The topological polar surface area (TPSA) is 81.0 Å². The van der Waals surface area contributed by atoms with E-state index in [1.54, 1.807) is 0 Å². The number of rotatable bonds is 10. The fourth-order valence-electron chi connectivity index (χ4n) is 4.34. The van der Waals surface area contributed by atoms with Crippen molar-refractivity contribution in [1.82, 2.24) is 9.97 Å². The number of para-hydroxylation sites is 1. The summed E-state index contributed by atoms with van der Waals surface area (Å²) in [6.07, 6.45) is 2.90. The minimum Gasteiger partial charge on any atom is -0.490 e. The number of aromatic amines is 1. The first kappa shape index (κ1) is 24.7. The van der Waals surface area contributed by atoms with Crippen LogP contribution in [0.25, 0.3) is 22.2 Å². The first-order valence-electron chi connectivity index (χ1n) is 12.3. The molecule has 1 amide bonds. The van der Waals surface area contributed by atoms with Crippen LogP contribution >= 0.6 is 23.4 Å². The first-order valence-corrected chi connectivity index (χ1v) is 13.7. The van der Waals surface area contributed by atoms with Crippen molar-refractivity contribution < 1.29 is 9.53 Å². The minimum absolute atomic E-state index is 0.0405. The number of aromatic nitrogens is 2. The van der Waals surface area contributed by atoms with Gasteiger partial charge < -0.3 is 15.5 Å². The van der Waals surface area contributed by atoms with Crippen LogP contribution < -0.4 is 10.5 Å². The van der Waals surface area contributed by atoms with E-state index in [-0.39, 0.29) is 24.3 Å². The molecule has 0 radical (unpaired) electrons. The van der Waals surface area contributed by atoms with Crippen LogP contribution in [-0.4, -0.2) is 27.7 Å². The van der Waals surface area contributed by atoms with Crippen LogP contribution in [0.5, 0.6) is 5.75 Å². The highest BCUT2D eigenvalue weighted by molar-refractivity contribution is 7.99. The molecule has 0 saturated heterocycles. The van der Waals surface area contributed by atoms with Gasteiger partial charge in [0.25, 0.3) is 0 Å². The van der Waals surface area contributed by atoms with Gasteiger partial charge in [0.15, 0.2) is 0 Å². The van der Waals surface area contributed by atoms with Gasteiger partial charge in [0.1, 0.15) is 11.6 Å². The summed E-state index contributed by atoms with van der Waals surface area (Å²) in [6.45, 7) is 4.00. The quantitative estimate of drug-likeness (QED) is 0.217. The first-order chi connectivity index (χ1) is 17.4. The zero-order chi connectivity index (χ0) is 25.2. The number of amides is 1. The number of thioether (sulfide) groups is 1. The van der Waals surface area contributed by atoms with Crippen LogP contribution in [0.15, 0.2) is 65.6 Å². The molecule has 5 rings (SSSR count). The number of halogens is 1. The molecule has 0 aliphatic heterocycles. The van der Waals surface area contributed by atoms with E-state index >= 15 is 0 Å². The Hall–Kier alpha value is -2.96. The monoisotopic (exact) mass is 519 g/mol. The Kier molecular flexibility index (Phi) is 7.26. The molecule has 1 fully saturated rings. The zero-order valence-corrected chi connectivity index (χ0v) is 22.0. The fraction of sp³-hybridized carbons (Fsp3) is 0.310. The molecule has 0 spiro atoms. The molecule has 1 aliphatic carbocycles. The second-order valence-corrected chi connectivity index (χ2v) is 11.2. The van der Waals surface area contributed by atoms with Crippen molar-refractivity contribution in [3.8, 4) is 16.9 Å². The number of carbonyl (C=O) groups excluding carboxylic acids is 1. The average Bonchev–Trinajstić information content (AvgIpc) is 3.59. The van der Waals surface area contributed by atoms with Crippen molar-refractivity contribution in [3.63, 3.8) is 0 Å². The zero-order valence-electron chi connectivity index (χ0n) is 20.5. The molecule has 36 heavy (non-hydrogen) atoms. The number of nitrogens with two attached hydrogens (primary N) is 1. The number of benzene rings is 3. The van der Waals surface area contributed by atoms with Gasteiger partial charge in [-0.3, -0.25) is 4.79 Å². The van der Waals surface area contributed by atoms with E-state index in [0.29, 0.717) is 10.8 Å². The molecular weight excluding hydrogens is 490 g/mol. The molecule has 1 heterocycles. The van der Waals surface area contributed by atoms with Gasteiger partial charge >= 0.3 is 0 Å². The largest absolute Gasteiger partial charge is 0.490 e. The number of nitrogens with one attached hydrogen (secondary N) is 1. The second-order valence-electron chi connectivity index (χ2n) is 9.68. The summed E-state index contributed by atoms with van der Waals surface area (Å²) in [5, 5.41) is 0.598. The number of fused-ring (bicyclic) bond motifs is 1. The molecule has 4 aromatic rings. The summed E-state index contributed by atoms with van der Waals surface area (Å²) in [5.41, 5.74) is 9.99. The SMILES string of the molecule is CC(C)Oc1ccccc1-c1cc2nc(C(CC(N)=O)c3ccc(SCC4CC4)cc3)[nH]c2cc1Cl. The molecule has 1 saturated carbocycles. The number of nitrogens with zero attached hydrogens (tertiary/aromatic N) is 1. The highest BCUT2D eigenvalue weighted by atomic mass is 35.5. The number of ether oxygens (including phenoxy) is 1. The lowest BCUT2D eigenvalue weighted by molar-refractivity contribution is -0.118. The molecule has 186 valence electrons. The summed E-state index contributed by atoms with van der Waals surface area (Å²) < 4.78 is 6.02. The van der Waals surface area contributed by atoms with Gasteiger partial charge in [-0.1, -0.05) is 41.9 Å². The molecule has 3 aromatic carbocycles. The summed E-state index contributed by atoms with van der Waals surface area (Å²) >= 11 is 8.62. The summed E-state index contributed by atoms with van der Waals surface area (Å²) in [6, 6.07) is 20.1. The second kappa shape index (κ2) is 10.6. The van der Waals surface area contributed by atoms with Crippen molar-refractivity contribution in [3.05, 3.63) is 77.1 Å². The van der Waals surface area contributed by atoms with E-state index in [2.05, 4.69) is 29.2 Å². The number of carbonyl (C=O) groups is 1. The average molecular weight is 520 g/mol. The molecule has 1 aromatic heterocycles. The molecule has 7 heteroatoms. The molecule has 1 aliphatic rings. The van der Waals surface area contributed by atoms with Crippen LogP contribution in [0.3, 0.4) is 0 Å². The fourth-order valence-corrected chi connectivity index (χ4v) is 5.69. The highest BCUT2D eigenvalue weighted by Crippen LogP contribution is 2.39. The lowest BCUT2D eigenvalue weighted by Gasteiger charge is -2.15. The maximum atomic E-state index is 12.0. The Bertz CT molecular complexity index is 1380. The van der Waals surface area contributed by atoms with Crippen LogP contribution in [0, 0.1) is 5.92 Å². The Labute approximate surface area is 220 Å². The molecular formula is C29H30ClN3O2S. The van der Waals surface area contributed by atoms with Crippen LogP contribution in [0.1, 0.15) is 50.4 Å². The summed E-state index contributed by atoms with van der Waals surface area (Å²) in [4.78, 5) is 21.5. The third kappa shape index (κ3) is 5.71. The normalized spacial score (nSPS) is 14.3. The van der Waals surface area contributed by atoms with E-state index in [1.165, 1.54) is 23.5 Å². The third-order valence-electron chi connectivity index (χ3n) is 6.33. The van der Waals surface area contributed by atoms with Gasteiger partial charge in [-0.05, 0) is 68.5 Å². The standard InChI is InChI=1S/C29H30ClN3O2S/c1-17(2)35-27-6-4-3-5-21(27)23-13-25-26(15-24(23)30)33-29(32-25)22(14-28(31)34)19-9-11-20(12-10-19)36-16-18-7-8-18/h3-6,9-13,15,17-18,22H,7-8,14,16H2,1-2H3,(H2,31,34)(H,32,33). The predicted molar refractivity (Wildman–Crippen MR) is 148 cm³/mol. The number of imidazole rings is 1. The van der Waals surface area contributed by atoms with E-state index in [1.807, 2.05) is 62.0 Å². The van der Waals surface area contributed by atoms with E-state index in [9.17, 15) is 4.79 Å². The Morgan fingerprint density at radius 2 is 1.89 bits per heavy atom. The minimum atomic E-state index is -0.369. The van der Waals surface area contributed by atoms with E-state index < -0.39 is 0 Å². The number of hydrogen-bond acceptors (Lipinski definition) is 4. The van der Waals surface area contributed by atoms with E-state index in [0.717, 1.165) is 39.4 Å². The maximum absolute atomic E-state index is 12.0. The smallest absolute Gasteiger partial charge is 0.218 e.